The van der Waals surface area contributed by atoms with Gasteiger partial charge in [-0.3, -0.25) is 4.79 Å². The average Bonchev–Trinajstić information content (AvgIpc) is 2.78. The van der Waals surface area contributed by atoms with Gasteiger partial charge in [0.25, 0.3) is 0 Å². The van der Waals surface area contributed by atoms with Crippen molar-refractivity contribution in [1.29, 1.82) is 0 Å². The number of benzene rings is 3. The Morgan fingerprint density at radius 2 is 1.50 bits per heavy atom. The van der Waals surface area contributed by atoms with Gasteiger partial charge in [0.05, 0.1) is 18.8 Å². The Bertz CT molecular complexity index is 931. The Labute approximate surface area is 176 Å². The van der Waals surface area contributed by atoms with Crippen molar-refractivity contribution >= 4 is 17.3 Å². The van der Waals surface area contributed by atoms with E-state index in [0.717, 1.165) is 11.4 Å². The first kappa shape index (κ1) is 21.0. The smallest absolute Gasteiger partial charge is 0.243 e. The van der Waals surface area contributed by atoms with E-state index >= 15 is 0 Å². The molecule has 0 aliphatic heterocycles. The molecule has 0 saturated carbocycles. The van der Waals surface area contributed by atoms with Gasteiger partial charge in [0.1, 0.15) is 30.5 Å². The summed E-state index contributed by atoms with van der Waals surface area (Å²) < 4.78 is 16.9. The second-order valence-corrected chi connectivity index (χ2v) is 6.37. The summed E-state index contributed by atoms with van der Waals surface area (Å²) in [7, 11) is 0. The van der Waals surface area contributed by atoms with E-state index in [0.29, 0.717) is 37.0 Å². The number of hydrogen-bond acceptors (Lipinski definition) is 5. The topological polar surface area (TPSA) is 68.8 Å². The predicted molar refractivity (Wildman–Crippen MR) is 119 cm³/mol. The zero-order valence-corrected chi connectivity index (χ0v) is 17.0. The number of carbonyl (C=O) groups is 1. The third-order valence-corrected chi connectivity index (χ3v) is 4.11. The molecule has 6 heteroatoms. The van der Waals surface area contributed by atoms with Crippen molar-refractivity contribution in [3.8, 4) is 17.2 Å². The maximum absolute atomic E-state index is 12.3. The minimum absolute atomic E-state index is 0.126. The summed E-state index contributed by atoms with van der Waals surface area (Å²) in [5.41, 5.74) is 1.45. The maximum atomic E-state index is 12.3. The summed E-state index contributed by atoms with van der Waals surface area (Å²) in [6.45, 7) is 3.44. The first-order chi connectivity index (χ1) is 14.7. The number of para-hydroxylation sites is 3. The molecule has 3 rings (SSSR count). The molecule has 0 saturated heterocycles. The second kappa shape index (κ2) is 11.4. The largest absolute Gasteiger partial charge is 0.492 e. The lowest BCUT2D eigenvalue weighted by Crippen LogP contribution is -2.22. The van der Waals surface area contributed by atoms with Crippen LogP contribution in [0.3, 0.4) is 0 Å². The van der Waals surface area contributed by atoms with E-state index in [1.807, 2.05) is 85.8 Å². The van der Waals surface area contributed by atoms with Crippen LogP contribution < -0.4 is 24.8 Å². The lowest BCUT2D eigenvalue weighted by atomic mass is 10.3. The highest BCUT2D eigenvalue weighted by molar-refractivity contribution is 5.95. The summed E-state index contributed by atoms with van der Waals surface area (Å²) in [5, 5.41) is 5.97. The molecule has 0 aliphatic rings. The van der Waals surface area contributed by atoms with Gasteiger partial charge in [-0.2, -0.15) is 0 Å². The number of nitrogens with one attached hydrogen (secondary N) is 2. The first-order valence-electron chi connectivity index (χ1n) is 9.91. The van der Waals surface area contributed by atoms with Gasteiger partial charge in [-0.15, -0.1) is 0 Å². The SMILES string of the molecule is CCOc1ccccc1NC(=O)CNc1cccc(OCCOc2ccccc2)c1. The molecular weight excluding hydrogens is 380 g/mol. The Balaban J connectivity index is 1.44. The molecule has 0 fully saturated rings. The van der Waals surface area contributed by atoms with Gasteiger partial charge in [0.15, 0.2) is 0 Å². The molecule has 0 unspecified atom stereocenters. The third kappa shape index (κ3) is 6.74. The molecule has 30 heavy (non-hydrogen) atoms. The van der Waals surface area contributed by atoms with Crippen LogP contribution in [0.2, 0.25) is 0 Å². The van der Waals surface area contributed by atoms with E-state index in [2.05, 4.69) is 10.6 Å². The molecule has 3 aromatic carbocycles. The molecule has 0 aromatic heterocycles. The molecule has 2 N–H and O–H groups in total. The molecule has 0 bridgehead atoms. The van der Waals surface area contributed by atoms with Gasteiger partial charge in [-0.1, -0.05) is 36.4 Å². The normalized spacial score (nSPS) is 10.2. The van der Waals surface area contributed by atoms with E-state index in [9.17, 15) is 4.79 Å². The summed E-state index contributed by atoms with van der Waals surface area (Å²) in [5.74, 6) is 2.01. The van der Waals surface area contributed by atoms with E-state index in [1.54, 1.807) is 0 Å². The van der Waals surface area contributed by atoms with Crippen molar-refractivity contribution in [1.82, 2.24) is 0 Å². The van der Waals surface area contributed by atoms with E-state index in [-0.39, 0.29) is 12.5 Å². The number of anilines is 2. The monoisotopic (exact) mass is 406 g/mol. The van der Waals surface area contributed by atoms with Crippen molar-refractivity contribution in [3.05, 3.63) is 78.9 Å². The Hall–Kier alpha value is -3.67. The molecular formula is C24H26N2O4. The quantitative estimate of drug-likeness (QED) is 0.456. The second-order valence-electron chi connectivity index (χ2n) is 6.37. The molecule has 156 valence electrons. The number of ether oxygens (including phenoxy) is 3. The molecule has 6 nitrogen and oxygen atoms in total. The van der Waals surface area contributed by atoms with Gasteiger partial charge in [-0.25, -0.2) is 0 Å². The number of amides is 1. The fourth-order valence-corrected chi connectivity index (χ4v) is 2.76. The molecule has 3 aromatic rings. The summed E-state index contributed by atoms with van der Waals surface area (Å²) in [6.07, 6.45) is 0. The van der Waals surface area contributed by atoms with Gasteiger partial charge in [0.2, 0.25) is 5.91 Å². The number of carbonyl (C=O) groups excluding carboxylic acids is 1. The van der Waals surface area contributed by atoms with E-state index in [1.165, 1.54) is 0 Å². The number of rotatable bonds is 11. The van der Waals surface area contributed by atoms with Crippen LogP contribution in [0, 0.1) is 0 Å². The highest BCUT2D eigenvalue weighted by atomic mass is 16.5. The molecule has 1 amide bonds. The van der Waals surface area contributed by atoms with Crippen LogP contribution in [-0.4, -0.2) is 32.3 Å². The molecule has 0 heterocycles. The Morgan fingerprint density at radius 1 is 0.800 bits per heavy atom. The minimum Gasteiger partial charge on any atom is -0.492 e. The standard InChI is InChI=1S/C24H26N2O4/c1-2-28-23-14-7-6-13-22(23)26-24(27)18-25-19-9-8-12-21(17-19)30-16-15-29-20-10-4-3-5-11-20/h3-14,17,25H,2,15-16,18H2,1H3,(H,26,27). The lowest BCUT2D eigenvalue weighted by molar-refractivity contribution is -0.114. The molecule has 0 atom stereocenters. The van der Waals surface area contributed by atoms with E-state index in [4.69, 9.17) is 14.2 Å². The lowest BCUT2D eigenvalue weighted by Gasteiger charge is -2.13. The first-order valence-corrected chi connectivity index (χ1v) is 9.91. The summed E-state index contributed by atoms with van der Waals surface area (Å²) in [6, 6.07) is 24.5. The van der Waals surface area contributed by atoms with Gasteiger partial charge in [-0.05, 0) is 43.3 Å². The van der Waals surface area contributed by atoms with Gasteiger partial charge in [0, 0.05) is 11.8 Å². The Kier molecular flexibility index (Phi) is 7.97. The predicted octanol–water partition coefficient (Wildman–Crippen LogP) is 4.59. The molecule has 0 radical (unpaired) electrons. The third-order valence-electron chi connectivity index (χ3n) is 4.11. The minimum atomic E-state index is -0.162. The van der Waals surface area contributed by atoms with E-state index < -0.39 is 0 Å². The van der Waals surface area contributed by atoms with Crippen molar-refractivity contribution in [2.75, 3.05) is 37.0 Å². The van der Waals surface area contributed by atoms with Crippen molar-refractivity contribution in [3.63, 3.8) is 0 Å². The summed E-state index contributed by atoms with van der Waals surface area (Å²) in [4.78, 5) is 12.3. The molecule has 0 spiro atoms. The van der Waals surface area contributed by atoms with Crippen LogP contribution in [0.5, 0.6) is 17.2 Å². The van der Waals surface area contributed by atoms with Crippen molar-refractivity contribution in [2.45, 2.75) is 6.92 Å². The van der Waals surface area contributed by atoms with Crippen LogP contribution in [0.15, 0.2) is 78.9 Å². The van der Waals surface area contributed by atoms with Crippen LogP contribution in [0.1, 0.15) is 6.92 Å². The van der Waals surface area contributed by atoms with Gasteiger partial charge >= 0.3 is 0 Å². The zero-order chi connectivity index (χ0) is 21.0. The highest BCUT2D eigenvalue weighted by Crippen LogP contribution is 2.23. The fraction of sp³-hybridized carbons (Fsp3) is 0.208. The van der Waals surface area contributed by atoms with Crippen molar-refractivity contribution < 1.29 is 19.0 Å². The fourth-order valence-electron chi connectivity index (χ4n) is 2.76. The number of hydrogen-bond donors (Lipinski definition) is 2. The van der Waals surface area contributed by atoms with Crippen molar-refractivity contribution in [2.24, 2.45) is 0 Å². The van der Waals surface area contributed by atoms with Crippen LogP contribution in [0.4, 0.5) is 11.4 Å². The summed E-state index contributed by atoms with van der Waals surface area (Å²) >= 11 is 0. The average molecular weight is 406 g/mol. The maximum Gasteiger partial charge on any atom is 0.243 e. The zero-order valence-electron chi connectivity index (χ0n) is 17.0. The Morgan fingerprint density at radius 3 is 2.30 bits per heavy atom. The van der Waals surface area contributed by atoms with Crippen LogP contribution in [-0.2, 0) is 4.79 Å². The van der Waals surface area contributed by atoms with Crippen LogP contribution >= 0.6 is 0 Å². The van der Waals surface area contributed by atoms with Gasteiger partial charge < -0.3 is 24.8 Å². The van der Waals surface area contributed by atoms with Crippen LogP contribution in [0.25, 0.3) is 0 Å². The highest BCUT2D eigenvalue weighted by Gasteiger charge is 2.07. The molecule has 0 aliphatic carbocycles.